The Morgan fingerprint density at radius 3 is 2.69 bits per heavy atom. The van der Waals surface area contributed by atoms with Crippen molar-refractivity contribution in [2.75, 3.05) is 19.8 Å². The first-order valence-corrected chi connectivity index (χ1v) is 5.85. The lowest BCUT2D eigenvalue weighted by atomic mass is 10.0. The molecule has 1 spiro atoms. The van der Waals surface area contributed by atoms with Crippen LogP contribution in [0.1, 0.15) is 25.7 Å². The van der Waals surface area contributed by atoms with Crippen LogP contribution >= 0.6 is 11.8 Å². The quantitative estimate of drug-likeness (QED) is 0.648. The maximum atomic E-state index is 4.79. The van der Waals surface area contributed by atoms with Gasteiger partial charge in [0.1, 0.15) is 0 Å². The van der Waals surface area contributed by atoms with E-state index in [9.17, 15) is 0 Å². The first-order chi connectivity index (χ1) is 6.20. The fraction of sp³-hybridized carbons (Fsp3) is 0.889. The van der Waals surface area contributed by atoms with E-state index < -0.39 is 0 Å². The summed E-state index contributed by atoms with van der Waals surface area (Å²) in [5.74, 6) is 1.18. The Balaban J connectivity index is 2.00. The Morgan fingerprint density at radius 1 is 1.38 bits per heavy atom. The summed E-state index contributed by atoms with van der Waals surface area (Å²) in [6.45, 7) is 0. The average molecular weight is 199 g/mol. The van der Waals surface area contributed by atoms with Crippen molar-refractivity contribution in [3.63, 3.8) is 0 Å². The van der Waals surface area contributed by atoms with Crippen LogP contribution in [0.2, 0.25) is 0 Å². The zero-order chi connectivity index (χ0) is 9.31. The molecule has 1 aliphatic carbocycles. The summed E-state index contributed by atoms with van der Waals surface area (Å²) in [6.07, 6.45) is 5.30. The maximum absolute atomic E-state index is 4.79. The summed E-state index contributed by atoms with van der Waals surface area (Å²) in [6, 6.07) is 0. The van der Waals surface area contributed by atoms with Gasteiger partial charge in [0.2, 0.25) is 0 Å². The highest BCUT2D eigenvalue weighted by Crippen LogP contribution is 2.40. The molecule has 1 N–H and O–H groups in total. The van der Waals surface area contributed by atoms with E-state index in [0.29, 0.717) is 5.54 Å². The molecule has 74 valence electrons. The fourth-order valence-electron chi connectivity index (χ4n) is 2.02. The molecule has 0 amide bonds. The molecule has 0 radical (unpaired) electrons. The molecule has 0 bridgehead atoms. The van der Waals surface area contributed by atoms with Crippen molar-refractivity contribution in [3.8, 4) is 0 Å². The Kier molecular flexibility index (Phi) is 2.51. The van der Waals surface area contributed by atoms with Crippen molar-refractivity contribution in [2.24, 2.45) is 4.99 Å². The zero-order valence-corrected chi connectivity index (χ0v) is 9.15. The number of hydrogen-bond donors (Lipinski definition) is 1. The summed E-state index contributed by atoms with van der Waals surface area (Å²) in [5, 5.41) is 3.06. The Bertz CT molecular complexity index is 219. The van der Waals surface area contributed by atoms with Gasteiger partial charge in [-0.2, -0.15) is 0 Å². The minimum absolute atomic E-state index is 0.309. The van der Waals surface area contributed by atoms with Crippen molar-refractivity contribution in [1.82, 2.24) is 10.4 Å². The van der Waals surface area contributed by atoms with Crippen LogP contribution in [0, 0.1) is 0 Å². The van der Waals surface area contributed by atoms with E-state index in [4.69, 9.17) is 4.99 Å². The van der Waals surface area contributed by atoms with E-state index in [1.165, 1.54) is 31.4 Å². The van der Waals surface area contributed by atoms with Crippen molar-refractivity contribution < 1.29 is 0 Å². The van der Waals surface area contributed by atoms with Crippen LogP contribution in [0.5, 0.6) is 0 Å². The molecule has 1 saturated carbocycles. The first kappa shape index (κ1) is 9.34. The van der Waals surface area contributed by atoms with E-state index in [2.05, 4.69) is 5.43 Å². The second kappa shape index (κ2) is 3.50. The third-order valence-corrected chi connectivity index (χ3v) is 3.81. The molecule has 1 heterocycles. The minimum Gasteiger partial charge on any atom is -0.298 e. The smallest absolute Gasteiger partial charge is 0.171 e. The van der Waals surface area contributed by atoms with Gasteiger partial charge in [-0.15, -0.1) is 0 Å². The number of nitrogens with zero attached hydrogens (tertiary/aromatic N) is 2. The highest BCUT2D eigenvalue weighted by molar-refractivity contribution is 8.14. The van der Waals surface area contributed by atoms with Gasteiger partial charge in [0.15, 0.2) is 5.17 Å². The third kappa shape index (κ3) is 1.99. The molecule has 0 aromatic carbocycles. The molecular weight excluding hydrogens is 182 g/mol. The number of aliphatic imine (C=N–C) groups is 1. The summed E-state index contributed by atoms with van der Waals surface area (Å²) < 4.78 is 0. The predicted molar refractivity (Wildman–Crippen MR) is 57.9 cm³/mol. The van der Waals surface area contributed by atoms with Crippen LogP contribution in [0.3, 0.4) is 0 Å². The van der Waals surface area contributed by atoms with Crippen molar-refractivity contribution in [2.45, 2.75) is 31.2 Å². The molecule has 1 fully saturated rings. The lowest BCUT2D eigenvalue weighted by molar-refractivity contribution is 0.363. The summed E-state index contributed by atoms with van der Waals surface area (Å²) >= 11 is 1.86. The van der Waals surface area contributed by atoms with Crippen LogP contribution in [0.15, 0.2) is 4.99 Å². The van der Waals surface area contributed by atoms with Gasteiger partial charge in [0.05, 0.1) is 5.54 Å². The second-order valence-electron chi connectivity index (χ2n) is 4.14. The van der Waals surface area contributed by atoms with E-state index in [1.807, 2.05) is 30.9 Å². The normalized spacial score (nSPS) is 25.6. The zero-order valence-electron chi connectivity index (χ0n) is 8.34. The van der Waals surface area contributed by atoms with Gasteiger partial charge in [0, 0.05) is 19.8 Å². The van der Waals surface area contributed by atoms with Gasteiger partial charge < -0.3 is 0 Å². The van der Waals surface area contributed by atoms with Gasteiger partial charge in [-0.1, -0.05) is 24.6 Å². The molecule has 0 atom stereocenters. The molecule has 2 rings (SSSR count). The van der Waals surface area contributed by atoms with Gasteiger partial charge in [-0.05, 0) is 12.8 Å². The van der Waals surface area contributed by atoms with Crippen molar-refractivity contribution >= 4 is 16.9 Å². The van der Waals surface area contributed by atoms with Crippen LogP contribution in [0.4, 0.5) is 0 Å². The average Bonchev–Trinajstić information content (AvgIpc) is 2.63. The Morgan fingerprint density at radius 2 is 2.08 bits per heavy atom. The number of thioether (sulfide) groups is 1. The molecule has 1 aliphatic heterocycles. The maximum Gasteiger partial charge on any atom is 0.171 e. The molecule has 0 aromatic heterocycles. The van der Waals surface area contributed by atoms with Crippen LogP contribution in [-0.4, -0.2) is 35.6 Å². The SMILES string of the molecule is CN(C)NC1=NC2(CCCC2)CS1. The van der Waals surface area contributed by atoms with Crippen LogP contribution < -0.4 is 5.43 Å². The van der Waals surface area contributed by atoms with Crippen molar-refractivity contribution in [3.05, 3.63) is 0 Å². The fourth-order valence-corrected chi connectivity index (χ4v) is 3.28. The minimum atomic E-state index is 0.309. The van der Waals surface area contributed by atoms with Crippen molar-refractivity contribution in [1.29, 1.82) is 0 Å². The molecule has 4 heteroatoms. The first-order valence-electron chi connectivity index (χ1n) is 4.87. The molecule has 0 unspecified atom stereocenters. The summed E-state index contributed by atoms with van der Waals surface area (Å²) in [4.78, 5) is 4.79. The van der Waals surface area contributed by atoms with E-state index in [0.717, 1.165) is 5.17 Å². The topological polar surface area (TPSA) is 27.6 Å². The predicted octanol–water partition coefficient (Wildman–Crippen LogP) is 1.47. The van der Waals surface area contributed by atoms with Crippen LogP contribution in [0.25, 0.3) is 0 Å². The van der Waals surface area contributed by atoms with E-state index >= 15 is 0 Å². The molecule has 2 aliphatic rings. The summed E-state index contributed by atoms with van der Waals surface area (Å²) in [7, 11) is 4.01. The molecular formula is C9H17N3S. The Labute approximate surface area is 83.9 Å². The summed E-state index contributed by atoms with van der Waals surface area (Å²) in [5.41, 5.74) is 3.55. The van der Waals surface area contributed by atoms with Gasteiger partial charge in [0.25, 0.3) is 0 Å². The molecule has 13 heavy (non-hydrogen) atoms. The largest absolute Gasteiger partial charge is 0.298 e. The lowest BCUT2D eigenvalue weighted by Crippen LogP contribution is -2.33. The monoisotopic (exact) mass is 199 g/mol. The van der Waals surface area contributed by atoms with Gasteiger partial charge >= 0.3 is 0 Å². The van der Waals surface area contributed by atoms with E-state index in [-0.39, 0.29) is 0 Å². The third-order valence-electron chi connectivity index (χ3n) is 2.67. The van der Waals surface area contributed by atoms with Gasteiger partial charge in [-0.25, -0.2) is 5.01 Å². The highest BCUT2D eigenvalue weighted by atomic mass is 32.2. The van der Waals surface area contributed by atoms with Gasteiger partial charge in [-0.3, -0.25) is 10.4 Å². The standard InChI is InChI=1S/C9H17N3S/c1-12(2)11-8-10-9(7-13-8)5-3-4-6-9/h3-7H2,1-2H3,(H,10,11). The number of amidine groups is 1. The van der Waals surface area contributed by atoms with Crippen LogP contribution in [-0.2, 0) is 0 Å². The highest BCUT2D eigenvalue weighted by Gasteiger charge is 2.38. The van der Waals surface area contributed by atoms with E-state index in [1.54, 1.807) is 0 Å². The molecule has 0 saturated heterocycles. The Hall–Kier alpha value is -0.220. The number of nitrogens with one attached hydrogen (secondary N) is 1. The number of hydrogen-bond acceptors (Lipinski definition) is 4. The second-order valence-corrected chi connectivity index (χ2v) is 5.11. The number of rotatable bonds is 1. The number of hydrazine groups is 1. The lowest BCUT2D eigenvalue weighted by Gasteiger charge is -2.16. The molecule has 0 aromatic rings. The molecule has 3 nitrogen and oxygen atoms in total.